The van der Waals surface area contributed by atoms with E-state index in [0.29, 0.717) is 10.6 Å². The number of aromatic amines is 1. The maximum absolute atomic E-state index is 12.5. The zero-order valence-electron chi connectivity index (χ0n) is 15.7. The molecule has 2 heterocycles. The molecule has 0 radical (unpaired) electrons. The number of carbonyl (C=O) groups is 1. The van der Waals surface area contributed by atoms with Crippen molar-refractivity contribution in [3.63, 3.8) is 0 Å². The van der Waals surface area contributed by atoms with E-state index in [1.165, 1.54) is 4.90 Å². The average Bonchev–Trinajstić information content (AvgIpc) is 3.24. The number of amides is 1. The van der Waals surface area contributed by atoms with E-state index in [4.69, 9.17) is 12.2 Å². The Hall–Kier alpha value is -3.39. The van der Waals surface area contributed by atoms with Crippen LogP contribution in [0.1, 0.15) is 5.56 Å². The van der Waals surface area contributed by atoms with Crippen LogP contribution in [0.4, 0.5) is 4.79 Å². The average molecular weight is 393 g/mol. The highest BCUT2D eigenvalue weighted by molar-refractivity contribution is 7.71. The molecule has 0 fully saturated rings. The van der Waals surface area contributed by atoms with Crippen LogP contribution in [0.5, 0.6) is 5.75 Å². The van der Waals surface area contributed by atoms with E-state index in [-0.39, 0.29) is 11.8 Å². The number of rotatable bonds is 2. The fraction of sp³-hybridized carbons (Fsp3) is 0.150. The second-order valence-electron chi connectivity index (χ2n) is 6.76. The normalized spacial score (nSPS) is 11.1. The van der Waals surface area contributed by atoms with Gasteiger partial charge in [0.15, 0.2) is 10.6 Å². The number of H-pyrrole nitrogens is 1. The van der Waals surface area contributed by atoms with Gasteiger partial charge in [0.2, 0.25) is 0 Å². The van der Waals surface area contributed by atoms with Crippen LogP contribution in [0.15, 0.2) is 48.7 Å². The first kappa shape index (κ1) is 18.0. The molecular formula is C20H19N5O2S. The summed E-state index contributed by atoms with van der Waals surface area (Å²) in [5.74, 6) is 0.838. The fourth-order valence-corrected chi connectivity index (χ4v) is 3.56. The third-order valence-corrected chi connectivity index (χ3v) is 4.94. The van der Waals surface area contributed by atoms with Gasteiger partial charge in [-0.1, -0.05) is 6.07 Å². The number of hydrogen-bond donors (Lipinski definition) is 2. The summed E-state index contributed by atoms with van der Waals surface area (Å²) in [5.41, 5.74) is 3.34. The van der Waals surface area contributed by atoms with Gasteiger partial charge in [-0.15, -0.1) is 0 Å². The van der Waals surface area contributed by atoms with E-state index < -0.39 is 0 Å². The van der Waals surface area contributed by atoms with Crippen LogP contribution < -0.4 is 0 Å². The lowest BCUT2D eigenvalue weighted by atomic mass is 10.1. The van der Waals surface area contributed by atoms with Crippen LogP contribution >= 0.6 is 12.2 Å². The van der Waals surface area contributed by atoms with Gasteiger partial charge in [0, 0.05) is 31.2 Å². The van der Waals surface area contributed by atoms with Crippen LogP contribution in [0.25, 0.3) is 28.0 Å². The topological polar surface area (TPSA) is 79.1 Å². The highest BCUT2D eigenvalue weighted by Gasteiger charge is 2.18. The third-order valence-electron chi connectivity index (χ3n) is 4.66. The molecule has 4 aromatic rings. The van der Waals surface area contributed by atoms with Gasteiger partial charge < -0.3 is 10.0 Å². The van der Waals surface area contributed by atoms with Gasteiger partial charge in [-0.25, -0.2) is 4.79 Å². The molecule has 0 atom stereocenters. The minimum atomic E-state index is -0.127. The molecule has 0 aliphatic rings. The van der Waals surface area contributed by atoms with Crippen LogP contribution in [0.2, 0.25) is 0 Å². The Morgan fingerprint density at radius 2 is 2.00 bits per heavy atom. The van der Waals surface area contributed by atoms with Crippen molar-refractivity contribution < 1.29 is 9.90 Å². The number of aromatic nitrogens is 4. The van der Waals surface area contributed by atoms with E-state index in [0.717, 1.165) is 27.7 Å². The number of aryl methyl sites for hydroxylation is 1. The lowest BCUT2D eigenvalue weighted by Crippen LogP contribution is -2.26. The van der Waals surface area contributed by atoms with Gasteiger partial charge in [0.05, 0.1) is 11.2 Å². The lowest BCUT2D eigenvalue weighted by Gasteiger charge is -2.13. The zero-order chi connectivity index (χ0) is 20.0. The SMILES string of the molecule is Cc1cc(O)ccc1-c1n[nH]c(=S)n1-c1cccc2c1ccn2C(=O)N(C)C. The highest BCUT2D eigenvalue weighted by Crippen LogP contribution is 2.30. The number of hydrogen-bond acceptors (Lipinski definition) is 4. The number of benzene rings is 2. The van der Waals surface area contributed by atoms with Crippen molar-refractivity contribution in [2.75, 3.05) is 14.1 Å². The van der Waals surface area contributed by atoms with Gasteiger partial charge in [0.1, 0.15) is 5.75 Å². The summed E-state index contributed by atoms with van der Waals surface area (Å²) < 4.78 is 3.90. The Morgan fingerprint density at radius 1 is 1.21 bits per heavy atom. The molecule has 0 unspecified atom stereocenters. The summed E-state index contributed by atoms with van der Waals surface area (Å²) in [6.45, 7) is 1.91. The Bertz CT molecular complexity index is 1270. The number of carbonyl (C=O) groups excluding carboxylic acids is 1. The van der Waals surface area contributed by atoms with Crippen molar-refractivity contribution in [3.05, 3.63) is 59.0 Å². The Balaban J connectivity index is 1.97. The zero-order valence-corrected chi connectivity index (χ0v) is 16.5. The molecule has 4 rings (SSSR count). The number of aromatic hydroxyl groups is 1. The molecule has 28 heavy (non-hydrogen) atoms. The van der Waals surface area contributed by atoms with Gasteiger partial charge in [0.25, 0.3) is 0 Å². The first-order chi connectivity index (χ1) is 13.4. The minimum Gasteiger partial charge on any atom is -0.508 e. The van der Waals surface area contributed by atoms with Crippen molar-refractivity contribution in [2.45, 2.75) is 6.92 Å². The predicted molar refractivity (Wildman–Crippen MR) is 111 cm³/mol. The standard InChI is InChI=1S/C20H19N5O2S/c1-12-11-13(26)7-8-14(12)18-21-22-19(28)25(18)17-6-4-5-16-15(17)9-10-24(16)20(27)23(2)3/h4-11,26H,1-3H3,(H,22,28). The molecule has 142 valence electrons. The molecule has 2 aromatic carbocycles. The molecule has 0 spiro atoms. The van der Waals surface area contributed by atoms with E-state index >= 15 is 0 Å². The van der Waals surface area contributed by atoms with Gasteiger partial charge in [-0.3, -0.25) is 14.2 Å². The van der Waals surface area contributed by atoms with Gasteiger partial charge in [-0.2, -0.15) is 5.10 Å². The number of phenolic OH excluding ortho intramolecular Hbond substituents is 1. The monoisotopic (exact) mass is 393 g/mol. The van der Waals surface area contributed by atoms with E-state index in [1.54, 1.807) is 37.0 Å². The van der Waals surface area contributed by atoms with E-state index in [1.807, 2.05) is 41.8 Å². The van der Waals surface area contributed by atoms with Crippen molar-refractivity contribution in [3.8, 4) is 22.8 Å². The Morgan fingerprint density at radius 3 is 2.71 bits per heavy atom. The third kappa shape index (κ3) is 2.78. The molecule has 0 aliphatic heterocycles. The molecule has 1 amide bonds. The summed E-state index contributed by atoms with van der Waals surface area (Å²) in [5, 5.41) is 17.9. The second-order valence-corrected chi connectivity index (χ2v) is 7.15. The Labute approximate surface area is 166 Å². The molecule has 2 aromatic heterocycles. The molecule has 0 saturated carbocycles. The number of nitrogens with zero attached hydrogens (tertiary/aromatic N) is 4. The molecule has 8 heteroatoms. The van der Waals surface area contributed by atoms with Crippen LogP contribution in [-0.2, 0) is 0 Å². The first-order valence-corrected chi connectivity index (χ1v) is 9.09. The van der Waals surface area contributed by atoms with Crippen LogP contribution in [0.3, 0.4) is 0 Å². The lowest BCUT2D eigenvalue weighted by molar-refractivity contribution is 0.220. The second kappa shape index (κ2) is 6.65. The quantitative estimate of drug-likeness (QED) is 0.503. The van der Waals surface area contributed by atoms with E-state index in [2.05, 4.69) is 10.2 Å². The summed E-state index contributed by atoms with van der Waals surface area (Å²) in [6.07, 6.45) is 1.76. The summed E-state index contributed by atoms with van der Waals surface area (Å²) in [4.78, 5) is 14.0. The first-order valence-electron chi connectivity index (χ1n) is 8.68. The van der Waals surface area contributed by atoms with Gasteiger partial charge >= 0.3 is 6.03 Å². The maximum Gasteiger partial charge on any atom is 0.328 e. The number of fused-ring (bicyclic) bond motifs is 1. The van der Waals surface area contributed by atoms with Crippen LogP contribution in [0, 0.1) is 11.7 Å². The fourth-order valence-electron chi connectivity index (χ4n) is 3.33. The summed E-state index contributed by atoms with van der Waals surface area (Å²) >= 11 is 5.50. The molecule has 7 nitrogen and oxygen atoms in total. The largest absolute Gasteiger partial charge is 0.508 e. The summed E-state index contributed by atoms with van der Waals surface area (Å²) in [7, 11) is 3.44. The Kier molecular flexibility index (Phi) is 4.27. The molecule has 0 bridgehead atoms. The van der Waals surface area contributed by atoms with E-state index in [9.17, 15) is 9.90 Å². The predicted octanol–water partition coefficient (Wildman–Crippen LogP) is 4.10. The van der Waals surface area contributed by atoms with Crippen molar-refractivity contribution in [2.24, 2.45) is 0 Å². The number of phenols is 1. The molecule has 2 N–H and O–H groups in total. The maximum atomic E-state index is 12.5. The van der Waals surface area contributed by atoms with Gasteiger partial charge in [-0.05, 0) is 61.1 Å². The van der Waals surface area contributed by atoms with Crippen molar-refractivity contribution in [1.82, 2.24) is 24.2 Å². The molecule has 0 saturated heterocycles. The molecular weight excluding hydrogens is 374 g/mol. The molecule has 0 aliphatic carbocycles. The van der Waals surface area contributed by atoms with Crippen LogP contribution in [-0.4, -0.2) is 49.5 Å². The minimum absolute atomic E-state index is 0.127. The van der Waals surface area contributed by atoms with Crippen molar-refractivity contribution in [1.29, 1.82) is 0 Å². The number of nitrogens with one attached hydrogen (secondary N) is 1. The summed E-state index contributed by atoms with van der Waals surface area (Å²) in [6, 6.07) is 12.6. The van der Waals surface area contributed by atoms with Crippen molar-refractivity contribution >= 4 is 29.2 Å². The highest BCUT2D eigenvalue weighted by atomic mass is 32.1. The smallest absolute Gasteiger partial charge is 0.328 e.